The van der Waals surface area contributed by atoms with E-state index in [9.17, 15) is 19.1 Å². The summed E-state index contributed by atoms with van der Waals surface area (Å²) in [5.41, 5.74) is 0.330. The molecule has 2 heterocycles. The maximum Gasteiger partial charge on any atom is 0.340 e. The molecular weight excluding hydrogens is 349 g/mol. The van der Waals surface area contributed by atoms with Crippen molar-refractivity contribution in [3.05, 3.63) is 35.4 Å². The van der Waals surface area contributed by atoms with Gasteiger partial charge in [-0.2, -0.15) is 0 Å². The van der Waals surface area contributed by atoms with Gasteiger partial charge in [0.15, 0.2) is 5.78 Å². The number of allylic oxidation sites excluding steroid dienone is 1. The number of ketones is 1. The van der Waals surface area contributed by atoms with Crippen molar-refractivity contribution in [2.24, 2.45) is 17.8 Å². The van der Waals surface area contributed by atoms with E-state index < -0.39 is 23.5 Å². The fourth-order valence-electron chi connectivity index (χ4n) is 5.50. The number of Topliss-reactive ketones (excluding diaryl/α,β-unsaturated/α-hetero) is 1. The van der Waals surface area contributed by atoms with Crippen molar-refractivity contribution in [3.8, 4) is 0 Å². The number of rotatable bonds is 3. The van der Waals surface area contributed by atoms with E-state index in [0.717, 1.165) is 32.6 Å². The number of piperazine rings is 1. The van der Waals surface area contributed by atoms with Crippen molar-refractivity contribution in [2.45, 2.75) is 31.3 Å². The van der Waals surface area contributed by atoms with Gasteiger partial charge in [-0.15, -0.1) is 0 Å². The standard InChI is InChI=1S/C20H24FN3O3/c21-15-8-13-17(9-18(15)23-3-1-22-2-4-23)24(10-14(19(13)25)20(26)27)16-7-11-5-12(16)6-11/h8-13,16-17,22H,1-7H2,(H,26,27). The molecular formula is C20H24FN3O3. The van der Waals surface area contributed by atoms with Gasteiger partial charge in [-0.1, -0.05) is 0 Å². The first-order chi connectivity index (χ1) is 13.0. The first-order valence-corrected chi connectivity index (χ1v) is 9.85. The SMILES string of the molecule is O=C(O)C1=CN(C2CC3CC2C3)C2C=C(N3CCNCC3)C(F)=CC2C1=O. The molecule has 0 aromatic rings. The molecule has 6 nitrogen and oxygen atoms in total. The lowest BCUT2D eigenvalue weighted by Gasteiger charge is -2.44. The molecule has 3 saturated carbocycles. The third-order valence-corrected chi connectivity index (χ3v) is 6.92. The fourth-order valence-corrected chi connectivity index (χ4v) is 5.50. The van der Waals surface area contributed by atoms with Crippen molar-refractivity contribution in [1.29, 1.82) is 0 Å². The third-order valence-electron chi connectivity index (χ3n) is 6.92. The topological polar surface area (TPSA) is 72.9 Å². The van der Waals surface area contributed by atoms with Gasteiger partial charge in [0.05, 0.1) is 17.7 Å². The summed E-state index contributed by atoms with van der Waals surface area (Å²) in [4.78, 5) is 28.5. The zero-order valence-corrected chi connectivity index (χ0v) is 15.1. The Morgan fingerprint density at radius 2 is 1.93 bits per heavy atom. The molecule has 2 bridgehead atoms. The number of halogens is 1. The molecule has 6 aliphatic rings. The minimum Gasteiger partial charge on any atom is -0.478 e. The number of carboxylic acids is 1. The van der Waals surface area contributed by atoms with E-state index in [1.165, 1.54) is 18.9 Å². The predicted octanol–water partition coefficient (Wildman–Crippen LogP) is 1.28. The maximum absolute atomic E-state index is 14.9. The fraction of sp³-hybridized carbons (Fsp3) is 0.600. The molecule has 3 unspecified atom stereocenters. The smallest absolute Gasteiger partial charge is 0.340 e. The van der Waals surface area contributed by atoms with Crippen LogP contribution in [0.15, 0.2) is 35.4 Å². The number of carbonyl (C=O) groups is 2. The van der Waals surface area contributed by atoms with Crippen LogP contribution in [0.3, 0.4) is 0 Å². The Hall–Kier alpha value is -2.15. The Morgan fingerprint density at radius 1 is 1.19 bits per heavy atom. The number of nitrogens with zero attached hydrogens (tertiary/aromatic N) is 2. The van der Waals surface area contributed by atoms with E-state index >= 15 is 0 Å². The molecule has 3 atom stereocenters. The highest BCUT2D eigenvalue weighted by molar-refractivity contribution is 6.18. The number of nitrogens with one attached hydrogen (secondary N) is 1. The Balaban J connectivity index is 1.53. The van der Waals surface area contributed by atoms with Crippen LogP contribution in [0.1, 0.15) is 19.3 Å². The van der Waals surface area contributed by atoms with E-state index in [-0.39, 0.29) is 17.7 Å². The molecule has 27 heavy (non-hydrogen) atoms. The van der Waals surface area contributed by atoms with E-state index in [0.29, 0.717) is 17.5 Å². The van der Waals surface area contributed by atoms with Crippen LogP contribution < -0.4 is 5.32 Å². The zero-order valence-electron chi connectivity index (χ0n) is 15.1. The summed E-state index contributed by atoms with van der Waals surface area (Å²) in [5, 5.41) is 12.8. The maximum atomic E-state index is 14.9. The molecule has 144 valence electrons. The molecule has 0 spiro atoms. The molecule has 0 aromatic carbocycles. The number of carboxylic acid groups (broad SMARTS) is 1. The van der Waals surface area contributed by atoms with Crippen LogP contribution in [0.4, 0.5) is 4.39 Å². The molecule has 2 N–H and O–H groups in total. The van der Waals surface area contributed by atoms with Gasteiger partial charge in [-0.25, -0.2) is 9.18 Å². The van der Waals surface area contributed by atoms with Crippen LogP contribution in [0.5, 0.6) is 0 Å². The summed E-state index contributed by atoms with van der Waals surface area (Å²) in [5.74, 6) is -1.61. The van der Waals surface area contributed by atoms with Crippen molar-refractivity contribution >= 4 is 11.8 Å². The summed E-state index contributed by atoms with van der Waals surface area (Å²) < 4.78 is 14.9. The van der Waals surface area contributed by atoms with Gasteiger partial charge in [0.1, 0.15) is 11.4 Å². The van der Waals surface area contributed by atoms with Crippen LogP contribution in [-0.2, 0) is 9.59 Å². The summed E-state index contributed by atoms with van der Waals surface area (Å²) in [7, 11) is 0. The largest absolute Gasteiger partial charge is 0.478 e. The number of hydrogen-bond donors (Lipinski definition) is 2. The lowest BCUT2D eigenvalue weighted by atomic mass is 9.80. The number of hydrogen-bond acceptors (Lipinski definition) is 5. The Morgan fingerprint density at radius 3 is 2.56 bits per heavy atom. The average Bonchev–Trinajstić information content (AvgIpc) is 3.23. The summed E-state index contributed by atoms with van der Waals surface area (Å²) >= 11 is 0. The van der Waals surface area contributed by atoms with Crippen LogP contribution in [0, 0.1) is 17.8 Å². The Bertz CT molecular complexity index is 777. The van der Waals surface area contributed by atoms with Crippen LogP contribution in [-0.4, -0.2) is 64.9 Å². The minimum atomic E-state index is -1.22. The lowest BCUT2D eigenvalue weighted by molar-refractivity contribution is -0.136. The Kier molecular flexibility index (Phi) is 3.89. The highest BCUT2D eigenvalue weighted by atomic mass is 19.1. The van der Waals surface area contributed by atoms with Gasteiger partial charge in [0.25, 0.3) is 0 Å². The van der Waals surface area contributed by atoms with Gasteiger partial charge in [-0.3, -0.25) is 4.79 Å². The minimum absolute atomic E-state index is 0.219. The van der Waals surface area contributed by atoms with E-state index in [1.54, 1.807) is 6.20 Å². The van der Waals surface area contributed by atoms with Crippen LogP contribution in [0.2, 0.25) is 0 Å². The van der Waals surface area contributed by atoms with Crippen molar-refractivity contribution in [2.75, 3.05) is 26.2 Å². The second kappa shape index (κ2) is 6.19. The lowest BCUT2D eigenvalue weighted by Crippen LogP contribution is -2.52. The van der Waals surface area contributed by atoms with Gasteiger partial charge < -0.3 is 20.2 Å². The monoisotopic (exact) mass is 373 g/mol. The summed E-state index contributed by atoms with van der Waals surface area (Å²) in [6.45, 7) is 3.05. The number of aliphatic carboxylic acids is 1. The second-order valence-corrected chi connectivity index (χ2v) is 8.38. The third kappa shape index (κ3) is 2.63. The van der Waals surface area contributed by atoms with Gasteiger partial charge in [0.2, 0.25) is 0 Å². The first kappa shape index (κ1) is 17.0. The molecule has 0 radical (unpaired) electrons. The summed E-state index contributed by atoms with van der Waals surface area (Å²) in [6.07, 6.45) is 8.16. The first-order valence-electron chi connectivity index (χ1n) is 9.85. The molecule has 6 rings (SSSR count). The van der Waals surface area contributed by atoms with Gasteiger partial charge >= 0.3 is 5.97 Å². The van der Waals surface area contributed by atoms with E-state index in [1.807, 2.05) is 11.0 Å². The molecule has 7 heteroatoms. The van der Waals surface area contributed by atoms with E-state index in [2.05, 4.69) is 10.2 Å². The van der Waals surface area contributed by atoms with Crippen molar-refractivity contribution in [3.63, 3.8) is 0 Å². The van der Waals surface area contributed by atoms with Crippen molar-refractivity contribution in [1.82, 2.24) is 15.1 Å². The quantitative estimate of drug-likeness (QED) is 0.726. The predicted molar refractivity (Wildman–Crippen MR) is 96.2 cm³/mol. The molecule has 1 saturated heterocycles. The van der Waals surface area contributed by atoms with Gasteiger partial charge in [-0.05, 0) is 43.3 Å². The molecule has 0 amide bonds. The summed E-state index contributed by atoms with van der Waals surface area (Å²) in [6, 6.07) is -0.0469. The van der Waals surface area contributed by atoms with Crippen molar-refractivity contribution < 1.29 is 19.1 Å². The number of fused-ring (bicyclic) bond motifs is 2. The molecule has 4 aliphatic carbocycles. The van der Waals surface area contributed by atoms with Crippen LogP contribution in [0.25, 0.3) is 0 Å². The normalized spacial score (nSPS) is 37.9. The highest BCUT2D eigenvalue weighted by Crippen LogP contribution is 2.52. The second-order valence-electron chi connectivity index (χ2n) is 8.38. The molecule has 2 aliphatic heterocycles. The molecule has 4 fully saturated rings. The highest BCUT2D eigenvalue weighted by Gasteiger charge is 2.51. The Labute approximate surface area is 157 Å². The number of carbonyl (C=O) groups excluding carboxylic acids is 1. The van der Waals surface area contributed by atoms with E-state index in [4.69, 9.17) is 0 Å². The molecule has 0 aromatic heterocycles. The zero-order chi connectivity index (χ0) is 18.7. The van der Waals surface area contributed by atoms with Gasteiger partial charge in [0, 0.05) is 38.4 Å². The van der Waals surface area contributed by atoms with Crippen LogP contribution >= 0.6 is 0 Å². The average molecular weight is 373 g/mol.